The standard InChI is InChI=1S/C22H30N10O.ClH/c1-3-4-9-25-21-20-18(26-22(27-21)28-30-23)15-32(29-20)14-16-6-7-17(13-19(16)33-2)31-11-5-8-24-10-12-31;/h6-7,13,15,24H,3-5,8-12,14H2,1-2H3,(H,25,26,27);1H. The SMILES string of the molecule is CCCCNc1nc(N=[N+]=[N-])nc2cn(Cc3ccc(N4CCCNCC4)cc3OC)nc12.Cl. The molecule has 11 nitrogen and oxygen atoms in total. The van der Waals surface area contributed by atoms with Crippen LogP contribution in [0.2, 0.25) is 0 Å². The zero-order chi connectivity index (χ0) is 23.0. The van der Waals surface area contributed by atoms with Crippen LogP contribution >= 0.6 is 12.4 Å². The molecule has 1 fully saturated rings. The van der Waals surface area contributed by atoms with E-state index in [9.17, 15) is 0 Å². The highest BCUT2D eigenvalue weighted by molar-refractivity contribution is 5.86. The summed E-state index contributed by atoms with van der Waals surface area (Å²) in [7, 11) is 1.69. The lowest BCUT2D eigenvalue weighted by Crippen LogP contribution is -2.27. The van der Waals surface area contributed by atoms with Gasteiger partial charge in [0.05, 0.1) is 19.9 Å². The number of hydrogen-bond donors (Lipinski definition) is 2. The second-order valence-electron chi connectivity index (χ2n) is 7.99. The minimum Gasteiger partial charge on any atom is -0.496 e. The molecule has 0 bridgehead atoms. The van der Waals surface area contributed by atoms with Gasteiger partial charge in [0.1, 0.15) is 11.3 Å². The van der Waals surface area contributed by atoms with E-state index in [-0.39, 0.29) is 18.4 Å². The van der Waals surface area contributed by atoms with Crippen molar-refractivity contribution in [2.24, 2.45) is 5.11 Å². The van der Waals surface area contributed by atoms with E-state index in [1.807, 2.05) is 10.9 Å². The van der Waals surface area contributed by atoms with Gasteiger partial charge in [-0.15, -0.1) is 12.4 Å². The van der Waals surface area contributed by atoms with Crippen LogP contribution in [0.3, 0.4) is 0 Å². The van der Waals surface area contributed by atoms with Gasteiger partial charge in [-0.1, -0.05) is 19.4 Å². The summed E-state index contributed by atoms with van der Waals surface area (Å²) < 4.78 is 7.53. The lowest BCUT2D eigenvalue weighted by molar-refractivity contribution is 0.407. The van der Waals surface area contributed by atoms with E-state index in [0.717, 1.165) is 69.0 Å². The highest BCUT2D eigenvalue weighted by Crippen LogP contribution is 2.28. The van der Waals surface area contributed by atoms with E-state index < -0.39 is 0 Å². The number of halogens is 1. The zero-order valence-corrected chi connectivity index (χ0v) is 20.4. The Morgan fingerprint density at radius 3 is 2.94 bits per heavy atom. The molecule has 1 aliphatic rings. The highest BCUT2D eigenvalue weighted by Gasteiger charge is 2.15. The molecule has 2 aromatic heterocycles. The number of unbranched alkanes of at least 4 members (excludes halogenated alkanes) is 1. The first-order valence-electron chi connectivity index (χ1n) is 11.4. The van der Waals surface area contributed by atoms with Gasteiger partial charge in [0.15, 0.2) is 11.3 Å². The van der Waals surface area contributed by atoms with Gasteiger partial charge in [-0.3, -0.25) is 4.68 Å². The summed E-state index contributed by atoms with van der Waals surface area (Å²) in [6.45, 7) is 7.45. The summed E-state index contributed by atoms with van der Waals surface area (Å²) in [6.07, 6.45) is 5.02. The average molecular weight is 487 g/mol. The molecule has 1 aromatic carbocycles. The van der Waals surface area contributed by atoms with Crippen LogP contribution in [0.15, 0.2) is 29.5 Å². The van der Waals surface area contributed by atoms with Gasteiger partial charge in [0.2, 0.25) is 5.95 Å². The lowest BCUT2D eigenvalue weighted by atomic mass is 10.1. The van der Waals surface area contributed by atoms with Crippen LogP contribution in [0, 0.1) is 0 Å². The first kappa shape index (κ1) is 25.4. The van der Waals surface area contributed by atoms with Gasteiger partial charge >= 0.3 is 0 Å². The van der Waals surface area contributed by atoms with Crippen LogP contribution in [0.1, 0.15) is 31.7 Å². The fraction of sp³-hybridized carbons (Fsp3) is 0.500. The molecule has 182 valence electrons. The Morgan fingerprint density at radius 1 is 1.26 bits per heavy atom. The molecule has 3 aromatic rings. The highest BCUT2D eigenvalue weighted by atomic mass is 35.5. The van der Waals surface area contributed by atoms with Crippen LogP contribution < -0.4 is 20.3 Å². The summed E-state index contributed by atoms with van der Waals surface area (Å²) >= 11 is 0. The minimum atomic E-state index is 0. The van der Waals surface area contributed by atoms with E-state index in [4.69, 9.17) is 15.4 Å². The molecule has 3 heterocycles. The van der Waals surface area contributed by atoms with Crippen molar-refractivity contribution in [1.82, 2.24) is 25.1 Å². The molecule has 0 amide bonds. The van der Waals surface area contributed by atoms with Crippen LogP contribution in [-0.2, 0) is 6.54 Å². The lowest BCUT2D eigenvalue weighted by Gasteiger charge is -2.23. The first-order valence-corrected chi connectivity index (χ1v) is 11.4. The topological polar surface area (TPSA) is 129 Å². The molecule has 0 radical (unpaired) electrons. The average Bonchev–Trinajstić information content (AvgIpc) is 3.03. The normalized spacial score (nSPS) is 13.6. The van der Waals surface area contributed by atoms with Crippen molar-refractivity contribution < 1.29 is 4.74 Å². The van der Waals surface area contributed by atoms with E-state index >= 15 is 0 Å². The number of hydrogen-bond acceptors (Lipinski definition) is 8. The maximum Gasteiger partial charge on any atom is 0.219 e. The largest absolute Gasteiger partial charge is 0.496 e. The van der Waals surface area contributed by atoms with Crippen LogP contribution in [0.25, 0.3) is 21.5 Å². The molecule has 12 heteroatoms. The van der Waals surface area contributed by atoms with E-state index in [2.05, 4.69) is 60.7 Å². The molecule has 34 heavy (non-hydrogen) atoms. The third-order valence-corrected chi connectivity index (χ3v) is 5.66. The molecule has 0 saturated carbocycles. The third kappa shape index (κ3) is 5.99. The molecule has 0 atom stereocenters. The third-order valence-electron chi connectivity index (χ3n) is 5.66. The number of rotatable bonds is 9. The fourth-order valence-corrected chi connectivity index (χ4v) is 3.96. The Hall–Kier alpha value is -3.27. The smallest absolute Gasteiger partial charge is 0.219 e. The van der Waals surface area contributed by atoms with Gasteiger partial charge in [-0.2, -0.15) is 5.10 Å². The number of fused-ring (bicyclic) bond motifs is 1. The van der Waals surface area contributed by atoms with Gasteiger partial charge in [0, 0.05) is 48.4 Å². The number of methoxy groups -OCH3 is 1. The monoisotopic (exact) mass is 486 g/mol. The van der Waals surface area contributed by atoms with Crippen molar-refractivity contribution in [3.63, 3.8) is 0 Å². The Bertz CT molecular complexity index is 1140. The summed E-state index contributed by atoms with van der Waals surface area (Å²) in [5.41, 5.74) is 12.3. The van der Waals surface area contributed by atoms with Gasteiger partial charge in [-0.05, 0) is 36.1 Å². The number of nitrogens with one attached hydrogen (secondary N) is 2. The molecule has 4 rings (SSSR count). The Balaban J connectivity index is 0.00000324. The maximum atomic E-state index is 8.80. The predicted molar refractivity (Wildman–Crippen MR) is 137 cm³/mol. The molecular weight excluding hydrogens is 456 g/mol. The zero-order valence-electron chi connectivity index (χ0n) is 19.6. The fourth-order valence-electron chi connectivity index (χ4n) is 3.96. The second kappa shape index (κ2) is 12.3. The van der Waals surface area contributed by atoms with E-state index in [1.165, 1.54) is 0 Å². The van der Waals surface area contributed by atoms with Crippen molar-refractivity contribution >= 4 is 40.9 Å². The van der Waals surface area contributed by atoms with Gasteiger partial charge in [-0.25, -0.2) is 9.97 Å². The molecule has 0 aliphatic carbocycles. The Kier molecular flexibility index (Phi) is 9.15. The Morgan fingerprint density at radius 2 is 2.15 bits per heavy atom. The molecule has 0 spiro atoms. The number of nitrogens with zero attached hydrogens (tertiary/aromatic N) is 8. The minimum absolute atomic E-state index is 0. The number of benzene rings is 1. The van der Waals surface area contributed by atoms with Gasteiger partial charge in [0.25, 0.3) is 0 Å². The van der Waals surface area contributed by atoms with Crippen molar-refractivity contribution in [2.75, 3.05) is 50.1 Å². The number of azide groups is 1. The van der Waals surface area contributed by atoms with Crippen LogP contribution in [0.4, 0.5) is 17.5 Å². The van der Waals surface area contributed by atoms with Crippen molar-refractivity contribution in [2.45, 2.75) is 32.7 Å². The van der Waals surface area contributed by atoms with E-state index in [0.29, 0.717) is 23.4 Å². The summed E-state index contributed by atoms with van der Waals surface area (Å²) in [4.78, 5) is 13.9. The van der Waals surface area contributed by atoms with Crippen molar-refractivity contribution in [3.8, 4) is 5.75 Å². The summed E-state index contributed by atoms with van der Waals surface area (Å²) in [6, 6.07) is 6.33. The van der Waals surface area contributed by atoms with Crippen LogP contribution in [0.5, 0.6) is 5.75 Å². The summed E-state index contributed by atoms with van der Waals surface area (Å²) in [5, 5.41) is 15.0. The molecule has 2 N–H and O–H groups in total. The number of aromatic nitrogens is 4. The van der Waals surface area contributed by atoms with Gasteiger partial charge < -0.3 is 20.3 Å². The van der Waals surface area contributed by atoms with Crippen LogP contribution in [-0.4, -0.2) is 59.6 Å². The van der Waals surface area contributed by atoms with E-state index in [1.54, 1.807) is 7.11 Å². The van der Waals surface area contributed by atoms with Crippen molar-refractivity contribution in [1.29, 1.82) is 0 Å². The number of ether oxygens (including phenoxy) is 1. The molecule has 1 aliphatic heterocycles. The molecule has 1 saturated heterocycles. The number of anilines is 2. The summed E-state index contributed by atoms with van der Waals surface area (Å²) in [5.74, 6) is 1.48. The Labute approximate surface area is 204 Å². The molecule has 0 unspecified atom stereocenters. The van der Waals surface area contributed by atoms with Crippen molar-refractivity contribution in [3.05, 3.63) is 40.4 Å². The predicted octanol–water partition coefficient (Wildman–Crippen LogP) is 4.26. The molecular formula is C22H31ClN10O. The maximum absolute atomic E-state index is 8.80. The first-order chi connectivity index (χ1) is 16.2. The quantitative estimate of drug-likeness (QED) is 0.200. The second-order valence-corrected chi connectivity index (χ2v) is 7.99.